The van der Waals surface area contributed by atoms with Gasteiger partial charge in [0.05, 0.1) is 0 Å². The Morgan fingerprint density at radius 1 is 1.47 bits per heavy atom. The van der Waals surface area contributed by atoms with E-state index in [-0.39, 0.29) is 0 Å². The molecule has 1 fully saturated rings. The molecule has 1 atom stereocenters. The Hall–Kier alpha value is -0.120. The van der Waals surface area contributed by atoms with Crippen molar-refractivity contribution in [3.8, 4) is 0 Å². The largest absolute Gasteiger partial charge is 0.385 e. The predicted octanol–water partition coefficient (Wildman–Crippen LogP) is 1.49. The molecule has 0 aromatic rings. The van der Waals surface area contributed by atoms with Crippen molar-refractivity contribution in [3.05, 3.63) is 0 Å². The monoisotopic (exact) mass is 214 g/mol. The van der Waals surface area contributed by atoms with Gasteiger partial charge in [0.2, 0.25) is 0 Å². The smallest absolute Gasteiger partial charge is 0.0474 e. The van der Waals surface area contributed by atoms with E-state index >= 15 is 0 Å². The number of hydrogen-bond acceptors (Lipinski definition) is 3. The van der Waals surface area contributed by atoms with E-state index in [2.05, 4.69) is 17.1 Å². The Bertz CT molecular complexity index is 153. The van der Waals surface area contributed by atoms with Gasteiger partial charge in [-0.05, 0) is 38.8 Å². The third kappa shape index (κ3) is 5.50. The van der Waals surface area contributed by atoms with E-state index in [1.165, 1.54) is 38.9 Å². The van der Waals surface area contributed by atoms with Crippen molar-refractivity contribution >= 4 is 0 Å². The summed E-state index contributed by atoms with van der Waals surface area (Å²) in [5.74, 6) is 0. The van der Waals surface area contributed by atoms with Crippen LogP contribution in [0.2, 0.25) is 0 Å². The molecule has 15 heavy (non-hydrogen) atoms. The molecule has 0 amide bonds. The van der Waals surface area contributed by atoms with Crippen LogP contribution in [0.25, 0.3) is 0 Å². The minimum atomic E-state index is 0.723. The van der Waals surface area contributed by atoms with Gasteiger partial charge in [0.15, 0.2) is 0 Å². The molecule has 0 bridgehead atoms. The van der Waals surface area contributed by atoms with Crippen molar-refractivity contribution in [2.24, 2.45) is 0 Å². The zero-order chi connectivity index (χ0) is 10.9. The van der Waals surface area contributed by atoms with Crippen LogP contribution in [0.5, 0.6) is 0 Å². The standard InChI is InChI=1S/C12H26N2O/c1-3-7-13-12-6-4-8-14(11-12)9-5-10-15-2/h12-13H,3-11H2,1-2H3. The normalized spacial score (nSPS) is 23.2. The summed E-state index contributed by atoms with van der Waals surface area (Å²) >= 11 is 0. The molecule has 1 saturated heterocycles. The second-order valence-electron chi connectivity index (χ2n) is 4.44. The van der Waals surface area contributed by atoms with Gasteiger partial charge in [0.25, 0.3) is 0 Å². The lowest BCUT2D eigenvalue weighted by Crippen LogP contribution is -2.46. The Morgan fingerprint density at radius 3 is 3.07 bits per heavy atom. The van der Waals surface area contributed by atoms with Crippen LogP contribution in [0.4, 0.5) is 0 Å². The first-order valence-electron chi connectivity index (χ1n) is 6.31. The highest BCUT2D eigenvalue weighted by molar-refractivity contribution is 4.77. The molecule has 0 aromatic carbocycles. The predicted molar refractivity (Wildman–Crippen MR) is 64.2 cm³/mol. The van der Waals surface area contributed by atoms with Gasteiger partial charge in [-0.15, -0.1) is 0 Å². The van der Waals surface area contributed by atoms with Crippen LogP contribution in [0, 0.1) is 0 Å². The van der Waals surface area contributed by atoms with Crippen molar-refractivity contribution in [2.75, 3.05) is 39.9 Å². The Labute approximate surface area is 94.2 Å². The lowest BCUT2D eigenvalue weighted by atomic mass is 10.1. The Kier molecular flexibility index (Phi) is 6.98. The third-order valence-corrected chi connectivity index (χ3v) is 3.01. The number of likely N-dealkylation sites (tertiary alicyclic amines) is 1. The number of hydrogen-bond donors (Lipinski definition) is 1. The molecule has 0 aromatic heterocycles. The maximum atomic E-state index is 5.08. The molecule has 1 heterocycles. The van der Waals surface area contributed by atoms with E-state index in [0.29, 0.717) is 0 Å². The lowest BCUT2D eigenvalue weighted by molar-refractivity contribution is 0.149. The van der Waals surface area contributed by atoms with E-state index in [1.54, 1.807) is 7.11 Å². The number of piperidine rings is 1. The number of rotatable bonds is 7. The first-order chi connectivity index (χ1) is 7.36. The minimum Gasteiger partial charge on any atom is -0.385 e. The summed E-state index contributed by atoms with van der Waals surface area (Å²) in [5.41, 5.74) is 0. The molecule has 1 N–H and O–H groups in total. The van der Waals surface area contributed by atoms with Crippen molar-refractivity contribution < 1.29 is 4.74 Å². The quantitative estimate of drug-likeness (QED) is 0.650. The summed E-state index contributed by atoms with van der Waals surface area (Å²) in [6.45, 7) is 7.97. The zero-order valence-electron chi connectivity index (χ0n) is 10.3. The maximum absolute atomic E-state index is 5.08. The molecule has 3 nitrogen and oxygen atoms in total. The van der Waals surface area contributed by atoms with Crippen LogP contribution in [0.1, 0.15) is 32.6 Å². The van der Waals surface area contributed by atoms with E-state index in [1.807, 2.05) is 0 Å². The molecule has 1 aliphatic rings. The van der Waals surface area contributed by atoms with Gasteiger partial charge >= 0.3 is 0 Å². The van der Waals surface area contributed by atoms with Crippen molar-refractivity contribution in [1.29, 1.82) is 0 Å². The zero-order valence-corrected chi connectivity index (χ0v) is 10.3. The highest BCUT2D eigenvalue weighted by Gasteiger charge is 2.18. The minimum absolute atomic E-state index is 0.723. The van der Waals surface area contributed by atoms with Crippen LogP contribution < -0.4 is 5.32 Å². The van der Waals surface area contributed by atoms with Gasteiger partial charge in [0, 0.05) is 32.8 Å². The molecular weight excluding hydrogens is 188 g/mol. The van der Waals surface area contributed by atoms with E-state index in [9.17, 15) is 0 Å². The van der Waals surface area contributed by atoms with Crippen molar-refractivity contribution in [2.45, 2.75) is 38.6 Å². The number of methoxy groups -OCH3 is 1. The van der Waals surface area contributed by atoms with Gasteiger partial charge in [0.1, 0.15) is 0 Å². The number of nitrogens with zero attached hydrogens (tertiary/aromatic N) is 1. The fourth-order valence-corrected chi connectivity index (χ4v) is 2.21. The molecule has 3 heteroatoms. The molecule has 90 valence electrons. The molecule has 0 radical (unpaired) electrons. The number of ether oxygens (including phenoxy) is 1. The highest BCUT2D eigenvalue weighted by atomic mass is 16.5. The van der Waals surface area contributed by atoms with Gasteiger partial charge in [-0.3, -0.25) is 0 Å². The van der Waals surface area contributed by atoms with E-state index in [4.69, 9.17) is 4.74 Å². The van der Waals surface area contributed by atoms with Crippen molar-refractivity contribution in [1.82, 2.24) is 10.2 Å². The second kappa shape index (κ2) is 8.08. The molecule has 1 unspecified atom stereocenters. The highest BCUT2D eigenvalue weighted by Crippen LogP contribution is 2.10. The number of nitrogens with one attached hydrogen (secondary N) is 1. The first-order valence-corrected chi connectivity index (χ1v) is 6.31. The molecule has 1 rings (SSSR count). The Balaban J connectivity index is 2.11. The summed E-state index contributed by atoms with van der Waals surface area (Å²) in [4.78, 5) is 2.57. The van der Waals surface area contributed by atoms with Gasteiger partial charge in [-0.25, -0.2) is 0 Å². The third-order valence-electron chi connectivity index (χ3n) is 3.01. The fourth-order valence-electron chi connectivity index (χ4n) is 2.21. The summed E-state index contributed by atoms with van der Waals surface area (Å²) in [5, 5.41) is 3.62. The lowest BCUT2D eigenvalue weighted by Gasteiger charge is -2.33. The second-order valence-corrected chi connectivity index (χ2v) is 4.44. The fraction of sp³-hybridized carbons (Fsp3) is 1.00. The summed E-state index contributed by atoms with van der Waals surface area (Å²) in [6, 6.07) is 0.723. The summed E-state index contributed by atoms with van der Waals surface area (Å²) in [6.07, 6.45) is 5.09. The van der Waals surface area contributed by atoms with Crippen LogP contribution in [-0.4, -0.2) is 50.8 Å². The van der Waals surface area contributed by atoms with Crippen LogP contribution in [-0.2, 0) is 4.74 Å². The summed E-state index contributed by atoms with van der Waals surface area (Å²) < 4.78 is 5.08. The van der Waals surface area contributed by atoms with E-state index < -0.39 is 0 Å². The van der Waals surface area contributed by atoms with Crippen LogP contribution in [0.3, 0.4) is 0 Å². The topological polar surface area (TPSA) is 24.5 Å². The van der Waals surface area contributed by atoms with Crippen LogP contribution in [0.15, 0.2) is 0 Å². The molecule has 0 spiro atoms. The first kappa shape index (κ1) is 12.9. The van der Waals surface area contributed by atoms with Gasteiger partial charge in [-0.1, -0.05) is 6.92 Å². The van der Waals surface area contributed by atoms with E-state index in [0.717, 1.165) is 25.6 Å². The van der Waals surface area contributed by atoms with Gasteiger partial charge in [-0.2, -0.15) is 0 Å². The van der Waals surface area contributed by atoms with Crippen molar-refractivity contribution in [3.63, 3.8) is 0 Å². The molecule has 0 aliphatic carbocycles. The average Bonchev–Trinajstić information content (AvgIpc) is 2.27. The van der Waals surface area contributed by atoms with Crippen LogP contribution >= 0.6 is 0 Å². The SMILES string of the molecule is CCCNC1CCCN(CCCOC)C1. The van der Waals surface area contributed by atoms with Gasteiger partial charge < -0.3 is 15.0 Å². The summed E-state index contributed by atoms with van der Waals surface area (Å²) in [7, 11) is 1.78. The molecule has 1 aliphatic heterocycles. The Morgan fingerprint density at radius 2 is 2.33 bits per heavy atom. The molecular formula is C12H26N2O. The molecule has 0 saturated carbocycles. The maximum Gasteiger partial charge on any atom is 0.0474 e. The average molecular weight is 214 g/mol.